The van der Waals surface area contributed by atoms with Gasteiger partial charge in [0.25, 0.3) is 0 Å². The quantitative estimate of drug-likeness (QED) is 0.684. The summed E-state index contributed by atoms with van der Waals surface area (Å²) >= 11 is 0. The van der Waals surface area contributed by atoms with E-state index in [0.29, 0.717) is 13.1 Å². The van der Waals surface area contributed by atoms with Crippen LogP contribution in [0.15, 0.2) is 42.6 Å². The molecule has 1 aromatic carbocycles. The van der Waals surface area contributed by atoms with Crippen LogP contribution in [0.3, 0.4) is 0 Å². The monoisotopic (exact) mass is 418 g/mol. The smallest absolute Gasteiger partial charge is 0.308 e. The van der Waals surface area contributed by atoms with Gasteiger partial charge >= 0.3 is 5.97 Å². The molecule has 1 fully saturated rings. The van der Waals surface area contributed by atoms with Gasteiger partial charge in [-0.3, -0.25) is 24.4 Å². The summed E-state index contributed by atoms with van der Waals surface area (Å²) < 4.78 is 27.4. The number of benzene rings is 1. The number of para-hydroxylation sites is 1. The van der Waals surface area contributed by atoms with Gasteiger partial charge in [0.15, 0.2) is 0 Å². The molecule has 2 N–H and O–H groups in total. The number of carbonyl (C=O) groups excluding carboxylic acids is 1. The Morgan fingerprint density at radius 1 is 1.03 bits per heavy atom. The van der Waals surface area contributed by atoms with E-state index in [-0.39, 0.29) is 13.0 Å². The van der Waals surface area contributed by atoms with Crippen molar-refractivity contribution < 1.29 is 23.5 Å². The third-order valence-corrected chi connectivity index (χ3v) is 5.06. The molecule has 30 heavy (non-hydrogen) atoms. The van der Waals surface area contributed by atoms with Crippen molar-refractivity contribution in [1.82, 2.24) is 14.8 Å². The second kappa shape index (κ2) is 10.2. The van der Waals surface area contributed by atoms with Crippen LogP contribution in [-0.2, 0) is 16.1 Å². The van der Waals surface area contributed by atoms with E-state index < -0.39 is 35.1 Å². The highest BCUT2D eigenvalue weighted by Gasteiger charge is 2.27. The number of amides is 1. The van der Waals surface area contributed by atoms with E-state index >= 15 is 0 Å². The van der Waals surface area contributed by atoms with E-state index in [9.17, 15) is 23.5 Å². The maximum absolute atomic E-state index is 13.7. The van der Waals surface area contributed by atoms with Gasteiger partial charge in [0.2, 0.25) is 5.91 Å². The van der Waals surface area contributed by atoms with Gasteiger partial charge in [-0.1, -0.05) is 12.1 Å². The normalized spacial score (nSPS) is 16.2. The van der Waals surface area contributed by atoms with Crippen LogP contribution in [0.1, 0.15) is 12.1 Å². The van der Waals surface area contributed by atoms with Gasteiger partial charge in [-0.05, 0) is 24.3 Å². The number of nitrogens with one attached hydrogen (secondary N) is 1. The summed E-state index contributed by atoms with van der Waals surface area (Å²) in [5.41, 5.74) is 0.418. The van der Waals surface area contributed by atoms with E-state index in [1.165, 1.54) is 6.07 Å². The second-order valence-electron chi connectivity index (χ2n) is 7.28. The van der Waals surface area contributed by atoms with E-state index in [1.54, 1.807) is 6.20 Å². The summed E-state index contributed by atoms with van der Waals surface area (Å²) in [6.45, 7) is 3.78. The molecule has 1 aliphatic heterocycles. The number of carbonyl (C=O) groups is 2. The van der Waals surface area contributed by atoms with Crippen LogP contribution in [0, 0.1) is 17.6 Å². The third-order valence-electron chi connectivity index (χ3n) is 5.06. The number of carboxylic acid groups (broad SMARTS) is 1. The lowest BCUT2D eigenvalue weighted by molar-refractivity contribution is -0.144. The molecule has 3 rings (SSSR count). The number of hydrogen-bond acceptors (Lipinski definition) is 5. The summed E-state index contributed by atoms with van der Waals surface area (Å²) in [6.07, 6.45) is 1.39. The number of nitrogens with zero attached hydrogens (tertiary/aromatic N) is 3. The summed E-state index contributed by atoms with van der Waals surface area (Å²) in [7, 11) is 0. The Bertz CT molecular complexity index is 854. The predicted molar refractivity (Wildman–Crippen MR) is 107 cm³/mol. The molecule has 0 saturated carbocycles. The van der Waals surface area contributed by atoms with Crippen LogP contribution in [0.4, 0.5) is 14.5 Å². The Hall–Kier alpha value is -2.91. The molecule has 1 amide bonds. The summed E-state index contributed by atoms with van der Waals surface area (Å²) in [6, 6.07) is 9.01. The van der Waals surface area contributed by atoms with E-state index in [0.717, 1.165) is 37.5 Å². The molecule has 7 nitrogen and oxygen atoms in total. The number of pyridine rings is 1. The lowest BCUT2D eigenvalue weighted by atomic mass is 10.0. The zero-order valence-corrected chi connectivity index (χ0v) is 16.4. The summed E-state index contributed by atoms with van der Waals surface area (Å²) in [5.74, 6) is -4.63. The van der Waals surface area contributed by atoms with Gasteiger partial charge in [0.1, 0.15) is 17.3 Å². The van der Waals surface area contributed by atoms with Crippen molar-refractivity contribution in [1.29, 1.82) is 0 Å². The van der Waals surface area contributed by atoms with Crippen LogP contribution in [-0.4, -0.2) is 64.5 Å². The fourth-order valence-electron chi connectivity index (χ4n) is 3.42. The van der Waals surface area contributed by atoms with Crippen molar-refractivity contribution >= 4 is 17.6 Å². The molecular weight excluding hydrogens is 394 g/mol. The Morgan fingerprint density at radius 3 is 2.30 bits per heavy atom. The lowest BCUT2D eigenvalue weighted by Crippen LogP contribution is -2.48. The van der Waals surface area contributed by atoms with Gasteiger partial charge in [-0.25, -0.2) is 8.78 Å². The number of aromatic nitrogens is 1. The number of hydrogen-bond donors (Lipinski definition) is 2. The fraction of sp³-hybridized carbons (Fsp3) is 0.381. The molecule has 0 bridgehead atoms. The number of rotatable bonds is 8. The van der Waals surface area contributed by atoms with Crippen LogP contribution in [0.25, 0.3) is 0 Å². The van der Waals surface area contributed by atoms with Crippen LogP contribution in [0.2, 0.25) is 0 Å². The molecule has 1 atom stereocenters. The molecule has 1 saturated heterocycles. The molecule has 2 aromatic rings. The van der Waals surface area contributed by atoms with Gasteiger partial charge < -0.3 is 10.4 Å². The molecule has 1 aromatic heterocycles. The van der Waals surface area contributed by atoms with E-state index in [4.69, 9.17) is 0 Å². The topological polar surface area (TPSA) is 85.8 Å². The minimum Gasteiger partial charge on any atom is -0.481 e. The molecule has 0 radical (unpaired) electrons. The lowest BCUT2D eigenvalue weighted by Gasteiger charge is -2.35. The Morgan fingerprint density at radius 2 is 1.70 bits per heavy atom. The van der Waals surface area contributed by atoms with E-state index in [1.807, 2.05) is 23.1 Å². The summed E-state index contributed by atoms with van der Waals surface area (Å²) in [4.78, 5) is 32.4. The standard InChI is InChI=1S/C21H24F2N4O3/c22-17-5-3-6-18(23)20(17)25-19(28)12-15(21(29)30)13-26-8-10-27(11-9-26)14-16-4-1-2-7-24-16/h1-7,15H,8-14H2,(H,25,28)(H,29,30). The fourth-order valence-corrected chi connectivity index (χ4v) is 3.42. The van der Waals surface area contributed by atoms with Gasteiger partial charge in [0.05, 0.1) is 11.6 Å². The van der Waals surface area contributed by atoms with Gasteiger partial charge in [-0.15, -0.1) is 0 Å². The highest BCUT2D eigenvalue weighted by atomic mass is 19.1. The molecule has 1 unspecified atom stereocenters. The third kappa shape index (κ3) is 6.04. The van der Waals surface area contributed by atoms with Crippen molar-refractivity contribution in [3.8, 4) is 0 Å². The minimum atomic E-state index is -1.12. The average molecular weight is 418 g/mol. The SMILES string of the molecule is O=C(CC(CN1CCN(Cc2ccccn2)CC1)C(=O)O)Nc1c(F)cccc1F. The Kier molecular flexibility index (Phi) is 7.42. The maximum atomic E-state index is 13.7. The van der Waals surface area contributed by atoms with Crippen molar-refractivity contribution in [2.24, 2.45) is 5.92 Å². The van der Waals surface area contributed by atoms with Crippen molar-refractivity contribution in [2.75, 3.05) is 38.0 Å². The molecular formula is C21H24F2N4O3. The summed E-state index contributed by atoms with van der Waals surface area (Å²) in [5, 5.41) is 11.7. The first kappa shape index (κ1) is 21.8. The Labute approximate surface area is 173 Å². The first-order valence-corrected chi connectivity index (χ1v) is 9.73. The predicted octanol–water partition coefficient (Wildman–Crippen LogP) is 2.21. The van der Waals surface area contributed by atoms with Crippen LogP contribution < -0.4 is 5.32 Å². The van der Waals surface area contributed by atoms with Gasteiger partial charge in [0, 0.05) is 51.9 Å². The molecule has 160 valence electrons. The minimum absolute atomic E-state index is 0.194. The first-order valence-electron chi connectivity index (χ1n) is 9.73. The molecule has 0 aliphatic carbocycles. The molecule has 1 aliphatic rings. The van der Waals surface area contributed by atoms with Crippen molar-refractivity contribution in [3.05, 3.63) is 59.9 Å². The number of carboxylic acids is 1. The van der Waals surface area contributed by atoms with Crippen molar-refractivity contribution in [2.45, 2.75) is 13.0 Å². The second-order valence-corrected chi connectivity index (χ2v) is 7.28. The molecule has 0 spiro atoms. The number of aliphatic carboxylic acids is 1. The zero-order chi connectivity index (χ0) is 21.5. The highest BCUT2D eigenvalue weighted by Crippen LogP contribution is 2.19. The highest BCUT2D eigenvalue weighted by molar-refractivity contribution is 5.93. The number of piperazine rings is 1. The van der Waals surface area contributed by atoms with Gasteiger partial charge in [-0.2, -0.15) is 0 Å². The maximum Gasteiger partial charge on any atom is 0.308 e. The zero-order valence-electron chi connectivity index (χ0n) is 16.4. The van der Waals surface area contributed by atoms with E-state index in [2.05, 4.69) is 15.2 Å². The average Bonchev–Trinajstić information content (AvgIpc) is 2.72. The first-order chi connectivity index (χ1) is 14.4. The largest absolute Gasteiger partial charge is 0.481 e. The number of anilines is 1. The molecule has 2 heterocycles. The Balaban J connectivity index is 1.50. The molecule has 9 heteroatoms. The van der Waals surface area contributed by atoms with Crippen LogP contribution >= 0.6 is 0 Å². The number of halogens is 2. The van der Waals surface area contributed by atoms with Crippen molar-refractivity contribution in [3.63, 3.8) is 0 Å². The van der Waals surface area contributed by atoms with Crippen LogP contribution in [0.5, 0.6) is 0 Å².